The van der Waals surface area contributed by atoms with E-state index < -0.39 is 10.0 Å². The molecule has 0 aliphatic carbocycles. The van der Waals surface area contributed by atoms with E-state index in [0.717, 1.165) is 32.4 Å². The zero-order valence-electron chi connectivity index (χ0n) is 17.0. The molecule has 4 rings (SSSR count). The van der Waals surface area contributed by atoms with E-state index >= 15 is 0 Å². The van der Waals surface area contributed by atoms with Gasteiger partial charge < -0.3 is 10.2 Å². The molecule has 2 N–H and O–H groups in total. The molecule has 2 heterocycles. The normalized spacial score (nSPS) is 20.0. The number of rotatable bonds is 6. The van der Waals surface area contributed by atoms with Crippen molar-refractivity contribution >= 4 is 27.2 Å². The Morgan fingerprint density at radius 3 is 2.33 bits per heavy atom. The number of nitrogens with one attached hydrogen (secondary N) is 2. The minimum atomic E-state index is -3.42. The van der Waals surface area contributed by atoms with Gasteiger partial charge in [-0.3, -0.25) is 4.79 Å². The van der Waals surface area contributed by atoms with Crippen molar-refractivity contribution in [3.8, 4) is 0 Å². The highest BCUT2D eigenvalue weighted by atomic mass is 32.2. The van der Waals surface area contributed by atoms with Gasteiger partial charge in [-0.15, -0.1) is 0 Å². The number of quaternary nitrogens is 1. The van der Waals surface area contributed by atoms with Gasteiger partial charge in [0.25, 0.3) is 5.91 Å². The largest absolute Gasteiger partial charge is 0.324 e. The van der Waals surface area contributed by atoms with Gasteiger partial charge in [0, 0.05) is 25.2 Å². The van der Waals surface area contributed by atoms with E-state index in [4.69, 9.17) is 0 Å². The molecule has 0 saturated carbocycles. The van der Waals surface area contributed by atoms with Crippen LogP contribution in [-0.2, 0) is 14.8 Å². The van der Waals surface area contributed by atoms with E-state index in [2.05, 4.69) is 23.5 Å². The van der Waals surface area contributed by atoms with Crippen molar-refractivity contribution in [3.63, 3.8) is 0 Å². The summed E-state index contributed by atoms with van der Waals surface area (Å²) in [6.07, 6.45) is 5.00. The van der Waals surface area contributed by atoms with E-state index in [1.807, 2.05) is 18.2 Å². The van der Waals surface area contributed by atoms with Crippen molar-refractivity contribution in [1.29, 1.82) is 0 Å². The summed E-state index contributed by atoms with van der Waals surface area (Å²) < 4.78 is 26.7. The van der Waals surface area contributed by atoms with Crippen LogP contribution in [0, 0.1) is 0 Å². The SMILES string of the molecule is O=C(C[NH+]1CC=C(c2ccccc2)CC1)Nc1ccc(S(=O)(=O)N2CCCC2)cc1. The van der Waals surface area contributed by atoms with Crippen molar-refractivity contribution in [2.75, 3.05) is 38.0 Å². The first-order valence-electron chi connectivity index (χ1n) is 10.5. The monoisotopic (exact) mass is 426 g/mol. The summed E-state index contributed by atoms with van der Waals surface area (Å²) in [5.74, 6) is -0.0586. The fraction of sp³-hybridized carbons (Fsp3) is 0.348. The molecule has 0 spiro atoms. The molecule has 0 radical (unpaired) electrons. The van der Waals surface area contributed by atoms with Gasteiger partial charge >= 0.3 is 0 Å². The standard InChI is InChI=1S/C23H27N3O3S/c27-23(18-25-16-12-20(13-17-25)19-6-2-1-3-7-19)24-21-8-10-22(11-9-21)30(28,29)26-14-4-5-15-26/h1-3,6-12H,4-5,13-18H2,(H,24,27)/p+1. The van der Waals surface area contributed by atoms with E-state index in [-0.39, 0.29) is 10.8 Å². The van der Waals surface area contributed by atoms with Gasteiger partial charge in [0.1, 0.15) is 0 Å². The molecule has 2 aromatic rings. The summed E-state index contributed by atoms with van der Waals surface area (Å²) in [6, 6.07) is 16.8. The Hall–Kier alpha value is -2.48. The minimum Gasteiger partial charge on any atom is -0.324 e. The molecular weight excluding hydrogens is 398 g/mol. The number of carbonyl (C=O) groups excluding carboxylic acids is 1. The van der Waals surface area contributed by atoms with Crippen molar-refractivity contribution in [2.24, 2.45) is 0 Å². The predicted octanol–water partition coefficient (Wildman–Crippen LogP) is 1.78. The number of amides is 1. The van der Waals surface area contributed by atoms with Gasteiger partial charge in [0.2, 0.25) is 10.0 Å². The van der Waals surface area contributed by atoms with E-state index in [0.29, 0.717) is 25.3 Å². The number of anilines is 1. The van der Waals surface area contributed by atoms with Crippen LogP contribution in [0.2, 0.25) is 0 Å². The third kappa shape index (κ3) is 4.80. The van der Waals surface area contributed by atoms with Crippen molar-refractivity contribution in [1.82, 2.24) is 4.31 Å². The molecule has 0 aromatic heterocycles. The lowest BCUT2D eigenvalue weighted by Gasteiger charge is -2.23. The molecule has 158 valence electrons. The number of sulfonamides is 1. The smallest absolute Gasteiger partial charge is 0.279 e. The van der Waals surface area contributed by atoms with Gasteiger partial charge in [-0.2, -0.15) is 4.31 Å². The maximum absolute atomic E-state index is 12.6. The van der Waals surface area contributed by atoms with Crippen LogP contribution in [0.1, 0.15) is 24.8 Å². The highest BCUT2D eigenvalue weighted by Crippen LogP contribution is 2.22. The van der Waals surface area contributed by atoms with Crippen LogP contribution in [0.3, 0.4) is 0 Å². The lowest BCUT2D eigenvalue weighted by Crippen LogP contribution is -3.13. The summed E-state index contributed by atoms with van der Waals surface area (Å²) in [5, 5.41) is 2.89. The maximum atomic E-state index is 12.6. The minimum absolute atomic E-state index is 0.0586. The number of nitrogens with zero attached hydrogens (tertiary/aromatic N) is 1. The summed E-state index contributed by atoms with van der Waals surface area (Å²) in [5.41, 5.74) is 3.22. The van der Waals surface area contributed by atoms with Crippen LogP contribution in [0.5, 0.6) is 0 Å². The summed E-state index contributed by atoms with van der Waals surface area (Å²) in [7, 11) is -3.42. The summed E-state index contributed by atoms with van der Waals surface area (Å²) in [4.78, 5) is 13.9. The van der Waals surface area contributed by atoms with Gasteiger partial charge in [0.15, 0.2) is 6.54 Å². The Kier molecular flexibility index (Phi) is 6.32. The second-order valence-electron chi connectivity index (χ2n) is 7.91. The maximum Gasteiger partial charge on any atom is 0.279 e. The lowest BCUT2D eigenvalue weighted by molar-refractivity contribution is -0.886. The molecule has 6 nitrogen and oxygen atoms in total. The van der Waals surface area contributed by atoms with Gasteiger partial charge in [-0.1, -0.05) is 30.3 Å². The molecular formula is C23H28N3O3S+. The second-order valence-corrected chi connectivity index (χ2v) is 9.85. The molecule has 2 aliphatic rings. The molecule has 1 fully saturated rings. The zero-order valence-corrected chi connectivity index (χ0v) is 17.8. The number of carbonyl (C=O) groups is 1. The molecule has 30 heavy (non-hydrogen) atoms. The van der Waals surface area contributed by atoms with Gasteiger partial charge in [-0.05, 0) is 54.3 Å². The van der Waals surface area contributed by atoms with E-state index in [1.54, 1.807) is 24.3 Å². The average molecular weight is 427 g/mol. The molecule has 0 bridgehead atoms. The molecule has 2 aliphatic heterocycles. The fourth-order valence-electron chi connectivity index (χ4n) is 4.08. The van der Waals surface area contributed by atoms with Crippen LogP contribution >= 0.6 is 0 Å². The Bertz CT molecular complexity index is 1010. The Morgan fingerprint density at radius 1 is 1.00 bits per heavy atom. The number of benzene rings is 2. The zero-order chi connectivity index (χ0) is 21.0. The van der Waals surface area contributed by atoms with Gasteiger partial charge in [0.05, 0.1) is 18.0 Å². The molecule has 1 atom stereocenters. The van der Waals surface area contributed by atoms with Crippen LogP contribution in [0.15, 0.2) is 65.6 Å². The summed E-state index contributed by atoms with van der Waals surface area (Å²) in [6.45, 7) is 3.30. The van der Waals surface area contributed by atoms with E-state index in [1.165, 1.54) is 20.3 Å². The van der Waals surface area contributed by atoms with Crippen LogP contribution in [-0.4, -0.2) is 51.4 Å². The van der Waals surface area contributed by atoms with Crippen molar-refractivity contribution in [2.45, 2.75) is 24.2 Å². The van der Waals surface area contributed by atoms with E-state index in [9.17, 15) is 13.2 Å². The third-order valence-electron chi connectivity index (χ3n) is 5.78. The van der Waals surface area contributed by atoms with Crippen LogP contribution < -0.4 is 10.2 Å². The molecule has 7 heteroatoms. The molecule has 2 aromatic carbocycles. The number of hydrogen-bond donors (Lipinski definition) is 2. The molecule has 1 saturated heterocycles. The Balaban J connectivity index is 1.31. The van der Waals surface area contributed by atoms with Crippen LogP contribution in [0.25, 0.3) is 5.57 Å². The highest BCUT2D eigenvalue weighted by molar-refractivity contribution is 7.89. The van der Waals surface area contributed by atoms with Gasteiger partial charge in [-0.25, -0.2) is 8.42 Å². The second kappa shape index (κ2) is 9.12. The first kappa shape index (κ1) is 20.8. The highest BCUT2D eigenvalue weighted by Gasteiger charge is 2.27. The predicted molar refractivity (Wildman–Crippen MR) is 118 cm³/mol. The first-order valence-corrected chi connectivity index (χ1v) is 11.9. The topological polar surface area (TPSA) is 70.9 Å². The molecule has 1 unspecified atom stereocenters. The van der Waals surface area contributed by atoms with Crippen molar-refractivity contribution in [3.05, 3.63) is 66.2 Å². The average Bonchev–Trinajstić information content (AvgIpc) is 3.31. The third-order valence-corrected chi connectivity index (χ3v) is 7.69. The lowest BCUT2D eigenvalue weighted by atomic mass is 10.00. The first-order chi connectivity index (χ1) is 14.5. The van der Waals surface area contributed by atoms with Crippen LogP contribution in [0.4, 0.5) is 5.69 Å². The van der Waals surface area contributed by atoms with Crippen molar-refractivity contribution < 1.29 is 18.1 Å². The quantitative estimate of drug-likeness (QED) is 0.740. The Morgan fingerprint density at radius 2 is 1.70 bits per heavy atom. The summed E-state index contributed by atoms with van der Waals surface area (Å²) >= 11 is 0. The number of hydrogen-bond acceptors (Lipinski definition) is 3. The molecule has 1 amide bonds. The fourth-order valence-corrected chi connectivity index (χ4v) is 5.60. The Labute approximate surface area is 178 Å².